The Labute approximate surface area is 173 Å². The van der Waals surface area contributed by atoms with E-state index in [-0.39, 0.29) is 17.5 Å². The average Bonchev–Trinajstić information content (AvgIpc) is 2.91. The van der Waals surface area contributed by atoms with E-state index in [9.17, 15) is 4.79 Å². The Bertz CT molecular complexity index is 858. The van der Waals surface area contributed by atoms with Crippen molar-refractivity contribution in [3.63, 3.8) is 0 Å². The van der Waals surface area contributed by atoms with Crippen molar-refractivity contribution in [1.82, 2.24) is 9.88 Å². The highest BCUT2D eigenvalue weighted by Gasteiger charge is 2.46. The lowest BCUT2D eigenvalue weighted by Crippen LogP contribution is -2.54. The maximum absolute atomic E-state index is 13.0. The van der Waals surface area contributed by atoms with E-state index in [1.54, 1.807) is 0 Å². The molecular weight excluding hydrogens is 364 g/mol. The Morgan fingerprint density at radius 2 is 2.00 bits per heavy atom. The summed E-state index contributed by atoms with van der Waals surface area (Å²) in [6, 6.07) is 10.6. The molecule has 1 aromatic carbocycles. The number of anilines is 2. The number of carbonyl (C=O) groups is 1. The number of ether oxygens (including phenoxy) is 1. The third-order valence-electron chi connectivity index (χ3n) is 6.26. The SMILES string of the molecule is CCOc1ccc(N2CC3CN(C(=O)Nc4cc(C)c[nH]4)CC2C(C)(C)C3)cc1. The summed E-state index contributed by atoms with van der Waals surface area (Å²) in [5, 5.41) is 3.03. The highest BCUT2D eigenvalue weighted by molar-refractivity contribution is 5.88. The molecule has 3 saturated heterocycles. The molecule has 2 atom stereocenters. The molecule has 3 aliphatic rings. The number of aromatic nitrogens is 1. The Morgan fingerprint density at radius 3 is 2.66 bits per heavy atom. The smallest absolute Gasteiger partial charge is 0.323 e. The van der Waals surface area contributed by atoms with E-state index in [0.29, 0.717) is 12.5 Å². The molecule has 2 amide bonds. The summed E-state index contributed by atoms with van der Waals surface area (Å²) in [5.41, 5.74) is 2.46. The summed E-state index contributed by atoms with van der Waals surface area (Å²) in [6.07, 6.45) is 3.04. The van der Waals surface area contributed by atoms with Crippen molar-refractivity contribution in [1.29, 1.82) is 0 Å². The third-order valence-corrected chi connectivity index (χ3v) is 6.26. The number of aromatic amines is 1. The van der Waals surface area contributed by atoms with Crippen LogP contribution in [0.25, 0.3) is 0 Å². The van der Waals surface area contributed by atoms with Crippen LogP contribution in [0.1, 0.15) is 32.8 Å². The lowest BCUT2D eigenvalue weighted by Gasteiger charge is -2.48. The molecule has 3 aliphatic heterocycles. The largest absolute Gasteiger partial charge is 0.494 e. The van der Waals surface area contributed by atoms with Gasteiger partial charge in [0, 0.05) is 31.5 Å². The van der Waals surface area contributed by atoms with E-state index in [4.69, 9.17) is 4.74 Å². The van der Waals surface area contributed by atoms with Crippen LogP contribution in [-0.2, 0) is 0 Å². The standard InChI is InChI=1S/C23H32N4O2/c1-5-29-19-8-6-18(7-9-19)27-14-17-11-23(3,4)20(27)15-26(13-17)22(28)25-21-10-16(2)12-24-21/h6-10,12,17,20,24H,5,11,13-15H2,1-4H3,(H,25,28). The fraction of sp³-hybridized carbons (Fsp3) is 0.522. The summed E-state index contributed by atoms with van der Waals surface area (Å²) in [7, 11) is 0. The van der Waals surface area contributed by atoms with Crippen molar-refractivity contribution in [2.75, 3.05) is 36.5 Å². The molecule has 1 aromatic heterocycles. The number of rotatable bonds is 4. The number of benzene rings is 1. The second-order valence-electron chi connectivity index (χ2n) is 9.08. The predicted octanol–water partition coefficient (Wildman–Crippen LogP) is 4.49. The van der Waals surface area contributed by atoms with Crippen molar-refractivity contribution >= 4 is 17.5 Å². The van der Waals surface area contributed by atoms with Crippen LogP contribution in [0.5, 0.6) is 5.75 Å². The van der Waals surface area contributed by atoms with E-state index < -0.39 is 0 Å². The molecule has 156 valence electrons. The highest BCUT2D eigenvalue weighted by atomic mass is 16.5. The van der Waals surface area contributed by atoms with Gasteiger partial charge in [0.05, 0.1) is 12.6 Å². The molecule has 0 aliphatic carbocycles. The van der Waals surface area contributed by atoms with Crippen LogP contribution in [0.4, 0.5) is 16.3 Å². The average molecular weight is 397 g/mol. The minimum absolute atomic E-state index is 0.0203. The predicted molar refractivity (Wildman–Crippen MR) is 117 cm³/mol. The number of hydrogen-bond acceptors (Lipinski definition) is 3. The molecule has 2 aromatic rings. The molecule has 0 spiro atoms. The van der Waals surface area contributed by atoms with Crippen molar-refractivity contribution in [2.45, 2.75) is 40.2 Å². The molecule has 2 unspecified atom stereocenters. The van der Waals surface area contributed by atoms with Gasteiger partial charge in [-0.25, -0.2) is 4.79 Å². The zero-order chi connectivity index (χ0) is 20.6. The minimum atomic E-state index is -0.0203. The van der Waals surface area contributed by atoms with E-state index in [1.165, 1.54) is 5.69 Å². The topological polar surface area (TPSA) is 60.6 Å². The van der Waals surface area contributed by atoms with E-state index in [1.807, 2.05) is 43.1 Å². The number of amides is 2. The molecule has 5 rings (SSSR count). The van der Waals surface area contributed by atoms with Gasteiger partial charge in [0.1, 0.15) is 11.6 Å². The van der Waals surface area contributed by atoms with Gasteiger partial charge in [-0.05, 0) is 67.5 Å². The summed E-state index contributed by atoms with van der Waals surface area (Å²) in [5.74, 6) is 2.11. The van der Waals surface area contributed by atoms with Crippen molar-refractivity contribution < 1.29 is 9.53 Å². The van der Waals surface area contributed by atoms with Gasteiger partial charge < -0.3 is 19.5 Å². The van der Waals surface area contributed by atoms with Gasteiger partial charge in [-0.15, -0.1) is 0 Å². The van der Waals surface area contributed by atoms with Crippen molar-refractivity contribution in [3.05, 3.63) is 42.1 Å². The van der Waals surface area contributed by atoms with Gasteiger partial charge in [0.25, 0.3) is 0 Å². The first-order valence-corrected chi connectivity index (χ1v) is 10.6. The van der Waals surface area contributed by atoms with E-state index in [0.717, 1.165) is 43.2 Å². The van der Waals surface area contributed by atoms with E-state index in [2.05, 4.69) is 41.2 Å². The Kier molecular flexibility index (Phi) is 5.19. The van der Waals surface area contributed by atoms with Crippen molar-refractivity contribution in [3.8, 4) is 5.75 Å². The highest BCUT2D eigenvalue weighted by Crippen LogP contribution is 2.43. The van der Waals surface area contributed by atoms with Crippen LogP contribution >= 0.6 is 0 Å². The van der Waals surface area contributed by atoms with Crippen LogP contribution in [0.3, 0.4) is 0 Å². The number of hydrogen-bond donors (Lipinski definition) is 2. The Balaban J connectivity index is 1.54. The summed E-state index contributed by atoms with van der Waals surface area (Å²) in [6.45, 7) is 11.8. The second-order valence-corrected chi connectivity index (χ2v) is 9.08. The molecule has 4 heterocycles. The van der Waals surface area contributed by atoms with Crippen LogP contribution in [0.15, 0.2) is 36.5 Å². The van der Waals surface area contributed by atoms with Gasteiger partial charge in [0.2, 0.25) is 0 Å². The number of aryl methyl sites for hydroxylation is 1. The zero-order valence-electron chi connectivity index (χ0n) is 17.9. The number of nitrogens with one attached hydrogen (secondary N) is 2. The lowest BCUT2D eigenvalue weighted by atomic mass is 9.73. The number of fused-ring (bicyclic) bond motifs is 4. The summed E-state index contributed by atoms with van der Waals surface area (Å²) >= 11 is 0. The molecule has 0 radical (unpaired) electrons. The van der Waals surface area contributed by atoms with Gasteiger partial charge >= 0.3 is 6.03 Å². The van der Waals surface area contributed by atoms with Crippen LogP contribution in [0.2, 0.25) is 0 Å². The maximum atomic E-state index is 13.0. The third kappa shape index (κ3) is 4.07. The van der Waals surface area contributed by atoms with Crippen LogP contribution in [0, 0.1) is 18.3 Å². The molecular formula is C23H32N4O2. The lowest BCUT2D eigenvalue weighted by molar-refractivity contribution is 0.190. The first-order valence-electron chi connectivity index (χ1n) is 10.6. The Hall–Kier alpha value is -2.63. The fourth-order valence-corrected chi connectivity index (χ4v) is 4.96. The van der Waals surface area contributed by atoms with Crippen LogP contribution < -0.4 is 15.0 Å². The zero-order valence-corrected chi connectivity index (χ0v) is 17.9. The first kappa shape index (κ1) is 19.7. The summed E-state index contributed by atoms with van der Waals surface area (Å²) in [4.78, 5) is 20.6. The molecule has 2 N–H and O–H groups in total. The molecule has 2 bridgehead atoms. The fourth-order valence-electron chi connectivity index (χ4n) is 4.96. The quantitative estimate of drug-likeness (QED) is 0.800. The molecule has 0 saturated carbocycles. The van der Waals surface area contributed by atoms with E-state index >= 15 is 0 Å². The number of urea groups is 1. The molecule has 6 heteroatoms. The minimum Gasteiger partial charge on any atom is -0.494 e. The van der Waals surface area contributed by atoms with Crippen LogP contribution in [-0.4, -0.2) is 48.2 Å². The van der Waals surface area contributed by atoms with Gasteiger partial charge in [-0.3, -0.25) is 5.32 Å². The van der Waals surface area contributed by atoms with Crippen molar-refractivity contribution in [2.24, 2.45) is 11.3 Å². The van der Waals surface area contributed by atoms with Gasteiger partial charge in [0.15, 0.2) is 0 Å². The summed E-state index contributed by atoms with van der Waals surface area (Å²) < 4.78 is 5.60. The normalized spacial score (nSPS) is 23.0. The molecule has 6 nitrogen and oxygen atoms in total. The second kappa shape index (κ2) is 7.65. The van der Waals surface area contributed by atoms with Gasteiger partial charge in [-0.1, -0.05) is 13.8 Å². The van der Waals surface area contributed by atoms with Gasteiger partial charge in [-0.2, -0.15) is 0 Å². The number of H-pyrrole nitrogens is 1. The molecule has 3 fully saturated rings. The maximum Gasteiger partial charge on any atom is 0.323 e. The first-order chi connectivity index (χ1) is 13.9. The monoisotopic (exact) mass is 396 g/mol. The number of piperidine rings is 1. The molecule has 29 heavy (non-hydrogen) atoms. The Morgan fingerprint density at radius 1 is 1.24 bits per heavy atom. The number of carbonyl (C=O) groups excluding carboxylic acids is 1. The number of nitrogens with zero attached hydrogens (tertiary/aromatic N) is 2.